The lowest BCUT2D eigenvalue weighted by molar-refractivity contribution is 0.0365. The fraction of sp³-hybridized carbons (Fsp3) is 0.529. The molecule has 0 unspecified atom stereocenters. The van der Waals surface area contributed by atoms with Crippen molar-refractivity contribution in [1.82, 2.24) is 14.8 Å². The number of rotatable bonds is 6. The molecule has 0 saturated carbocycles. The number of hydrogen-bond acceptors (Lipinski definition) is 3. The van der Waals surface area contributed by atoms with Crippen molar-refractivity contribution in [3.63, 3.8) is 0 Å². The number of aromatic nitrogens is 1. The molecular formula is C17H25N3O. The van der Waals surface area contributed by atoms with Gasteiger partial charge in [0.05, 0.1) is 18.7 Å². The number of para-hydroxylation sites is 1. The predicted octanol–water partition coefficient (Wildman–Crippen LogP) is 2.08. The summed E-state index contributed by atoms with van der Waals surface area (Å²) >= 11 is 0. The second-order valence-corrected chi connectivity index (χ2v) is 5.60. The van der Waals surface area contributed by atoms with Crippen LogP contribution in [0.1, 0.15) is 12.5 Å². The molecule has 2 aromatic rings. The Morgan fingerprint density at radius 1 is 1.14 bits per heavy atom. The van der Waals surface area contributed by atoms with Crippen LogP contribution in [-0.4, -0.2) is 48.9 Å². The molecule has 114 valence electrons. The second-order valence-electron chi connectivity index (χ2n) is 5.60. The van der Waals surface area contributed by atoms with E-state index in [4.69, 9.17) is 4.74 Å². The zero-order chi connectivity index (χ0) is 14.5. The Hall–Kier alpha value is -1.36. The normalized spacial score (nSPS) is 16.6. The van der Waals surface area contributed by atoms with Crippen molar-refractivity contribution >= 4 is 10.9 Å². The van der Waals surface area contributed by atoms with Crippen LogP contribution in [0.25, 0.3) is 10.9 Å². The van der Waals surface area contributed by atoms with E-state index in [0.717, 1.165) is 52.5 Å². The maximum Gasteiger partial charge on any atom is 0.0594 e. The third-order valence-electron chi connectivity index (χ3n) is 4.20. The Labute approximate surface area is 126 Å². The molecule has 0 radical (unpaired) electrons. The summed E-state index contributed by atoms with van der Waals surface area (Å²) in [6.45, 7) is 10.1. The maximum absolute atomic E-state index is 5.41. The highest BCUT2D eigenvalue weighted by atomic mass is 16.5. The summed E-state index contributed by atoms with van der Waals surface area (Å²) in [7, 11) is 0. The van der Waals surface area contributed by atoms with Crippen LogP contribution in [0.5, 0.6) is 0 Å². The van der Waals surface area contributed by atoms with Gasteiger partial charge >= 0.3 is 0 Å². The molecule has 4 heteroatoms. The van der Waals surface area contributed by atoms with Gasteiger partial charge in [-0.15, -0.1) is 0 Å². The molecular weight excluding hydrogens is 262 g/mol. The molecule has 1 aromatic carbocycles. The summed E-state index contributed by atoms with van der Waals surface area (Å²) in [5, 5.41) is 4.78. The van der Waals surface area contributed by atoms with E-state index >= 15 is 0 Å². The Bertz CT molecular complexity index is 572. The minimum atomic E-state index is 0.873. The van der Waals surface area contributed by atoms with E-state index in [9.17, 15) is 0 Å². The molecule has 0 bridgehead atoms. The Morgan fingerprint density at radius 3 is 2.81 bits per heavy atom. The highest BCUT2D eigenvalue weighted by Gasteiger charge is 2.11. The largest absolute Gasteiger partial charge is 0.379 e. The van der Waals surface area contributed by atoms with Crippen LogP contribution < -0.4 is 5.32 Å². The summed E-state index contributed by atoms with van der Waals surface area (Å²) in [5.41, 5.74) is 2.77. The number of benzene rings is 1. The van der Waals surface area contributed by atoms with Crippen LogP contribution in [0, 0.1) is 0 Å². The third kappa shape index (κ3) is 3.46. The average Bonchev–Trinajstić information content (AvgIpc) is 2.96. The zero-order valence-corrected chi connectivity index (χ0v) is 12.8. The Balaban J connectivity index is 1.74. The SMILES string of the molecule is CCNCc1cccc2ccn(CCN3CCOCC3)c12. The van der Waals surface area contributed by atoms with Gasteiger partial charge in [0.25, 0.3) is 0 Å². The lowest BCUT2D eigenvalue weighted by Gasteiger charge is -2.26. The lowest BCUT2D eigenvalue weighted by atomic mass is 10.1. The molecule has 1 aliphatic rings. The fourth-order valence-electron chi connectivity index (χ4n) is 3.00. The fourth-order valence-corrected chi connectivity index (χ4v) is 3.00. The van der Waals surface area contributed by atoms with Gasteiger partial charge < -0.3 is 14.6 Å². The summed E-state index contributed by atoms with van der Waals surface area (Å²) < 4.78 is 7.81. The van der Waals surface area contributed by atoms with Crippen molar-refractivity contribution in [2.45, 2.75) is 20.0 Å². The average molecular weight is 287 g/mol. The Kier molecular flexibility index (Phi) is 4.91. The standard InChI is InChI=1S/C17H25N3O/c1-2-18-14-16-5-3-4-15-6-7-20(17(15)16)9-8-19-10-12-21-13-11-19/h3-7,18H,2,8-14H2,1H3. The van der Waals surface area contributed by atoms with E-state index in [0.29, 0.717) is 0 Å². The molecule has 0 amide bonds. The summed E-state index contributed by atoms with van der Waals surface area (Å²) in [6.07, 6.45) is 2.22. The van der Waals surface area contributed by atoms with Crippen molar-refractivity contribution in [3.05, 3.63) is 36.0 Å². The van der Waals surface area contributed by atoms with Crippen molar-refractivity contribution in [2.24, 2.45) is 0 Å². The van der Waals surface area contributed by atoms with Crippen molar-refractivity contribution in [3.8, 4) is 0 Å². The molecule has 1 saturated heterocycles. The van der Waals surface area contributed by atoms with Gasteiger partial charge in [0.15, 0.2) is 0 Å². The molecule has 3 rings (SSSR count). The van der Waals surface area contributed by atoms with Crippen LogP contribution in [0.4, 0.5) is 0 Å². The molecule has 1 aliphatic heterocycles. The van der Waals surface area contributed by atoms with Gasteiger partial charge in [0.1, 0.15) is 0 Å². The molecule has 0 atom stereocenters. The van der Waals surface area contributed by atoms with E-state index in [2.05, 4.69) is 52.2 Å². The summed E-state index contributed by atoms with van der Waals surface area (Å²) in [6, 6.07) is 8.82. The first-order valence-electron chi connectivity index (χ1n) is 7.96. The van der Waals surface area contributed by atoms with Gasteiger partial charge in [0.2, 0.25) is 0 Å². The first kappa shape index (κ1) is 14.6. The van der Waals surface area contributed by atoms with E-state index in [-0.39, 0.29) is 0 Å². The summed E-state index contributed by atoms with van der Waals surface area (Å²) in [5.74, 6) is 0. The minimum Gasteiger partial charge on any atom is -0.379 e. The first-order valence-corrected chi connectivity index (χ1v) is 7.96. The molecule has 1 N–H and O–H groups in total. The van der Waals surface area contributed by atoms with Crippen LogP contribution in [0.2, 0.25) is 0 Å². The Morgan fingerprint density at radius 2 is 2.00 bits per heavy atom. The van der Waals surface area contributed by atoms with E-state index < -0.39 is 0 Å². The molecule has 1 aromatic heterocycles. The van der Waals surface area contributed by atoms with Gasteiger partial charge in [-0.3, -0.25) is 4.90 Å². The lowest BCUT2D eigenvalue weighted by Crippen LogP contribution is -2.38. The van der Waals surface area contributed by atoms with Gasteiger partial charge in [-0.2, -0.15) is 0 Å². The van der Waals surface area contributed by atoms with E-state index in [1.54, 1.807) is 0 Å². The van der Waals surface area contributed by atoms with E-state index in [1.807, 2.05) is 0 Å². The van der Waals surface area contributed by atoms with Gasteiger partial charge in [-0.25, -0.2) is 0 Å². The van der Waals surface area contributed by atoms with Gasteiger partial charge in [-0.05, 0) is 23.6 Å². The topological polar surface area (TPSA) is 29.4 Å². The van der Waals surface area contributed by atoms with Crippen LogP contribution in [0.3, 0.4) is 0 Å². The van der Waals surface area contributed by atoms with Crippen molar-refractivity contribution < 1.29 is 4.74 Å². The monoisotopic (exact) mass is 287 g/mol. The molecule has 2 heterocycles. The number of ether oxygens (including phenoxy) is 1. The molecule has 4 nitrogen and oxygen atoms in total. The van der Waals surface area contributed by atoms with Crippen molar-refractivity contribution in [2.75, 3.05) is 39.4 Å². The molecule has 21 heavy (non-hydrogen) atoms. The number of nitrogens with zero attached hydrogens (tertiary/aromatic N) is 2. The number of fused-ring (bicyclic) bond motifs is 1. The van der Waals surface area contributed by atoms with Crippen LogP contribution in [0.15, 0.2) is 30.5 Å². The van der Waals surface area contributed by atoms with E-state index in [1.165, 1.54) is 16.5 Å². The van der Waals surface area contributed by atoms with Crippen LogP contribution in [-0.2, 0) is 17.8 Å². The van der Waals surface area contributed by atoms with Gasteiger partial charge in [-0.1, -0.05) is 25.1 Å². The van der Waals surface area contributed by atoms with Crippen LogP contribution >= 0.6 is 0 Å². The number of morpholine rings is 1. The summed E-state index contributed by atoms with van der Waals surface area (Å²) in [4.78, 5) is 2.49. The molecule has 1 fully saturated rings. The highest BCUT2D eigenvalue weighted by Crippen LogP contribution is 2.20. The molecule has 0 aliphatic carbocycles. The van der Waals surface area contributed by atoms with Crippen molar-refractivity contribution in [1.29, 1.82) is 0 Å². The number of nitrogens with one attached hydrogen (secondary N) is 1. The predicted molar refractivity (Wildman–Crippen MR) is 86.6 cm³/mol. The second kappa shape index (κ2) is 7.07. The zero-order valence-electron chi connectivity index (χ0n) is 12.8. The first-order chi connectivity index (χ1) is 10.4. The number of hydrogen-bond donors (Lipinski definition) is 1. The smallest absolute Gasteiger partial charge is 0.0594 e. The van der Waals surface area contributed by atoms with Gasteiger partial charge in [0, 0.05) is 38.9 Å². The quantitative estimate of drug-likeness (QED) is 0.882. The minimum absolute atomic E-state index is 0.873. The third-order valence-corrected chi connectivity index (χ3v) is 4.20. The maximum atomic E-state index is 5.41. The highest BCUT2D eigenvalue weighted by molar-refractivity contribution is 5.83. The molecule has 0 spiro atoms.